The van der Waals surface area contributed by atoms with Crippen LogP contribution in [0.15, 0.2) is 18.3 Å². The van der Waals surface area contributed by atoms with Crippen molar-refractivity contribution in [2.75, 3.05) is 5.32 Å². The number of hydrogen-bond acceptors (Lipinski definition) is 2. The molecular formula is C13H19ClN2. The van der Waals surface area contributed by atoms with Crippen LogP contribution in [0.25, 0.3) is 0 Å². The Morgan fingerprint density at radius 2 is 1.88 bits per heavy atom. The first kappa shape index (κ1) is 11.7. The second-order valence-corrected chi connectivity index (χ2v) is 5.56. The van der Waals surface area contributed by atoms with Gasteiger partial charge in [-0.05, 0) is 43.2 Å². The third kappa shape index (κ3) is 3.11. The van der Waals surface area contributed by atoms with Gasteiger partial charge >= 0.3 is 0 Å². The highest BCUT2D eigenvalue weighted by Crippen LogP contribution is 2.30. The minimum absolute atomic E-state index is 0.562. The maximum atomic E-state index is 5.81. The van der Waals surface area contributed by atoms with Crippen molar-refractivity contribution >= 4 is 17.4 Å². The molecule has 2 rings (SSSR count). The van der Waals surface area contributed by atoms with Gasteiger partial charge in [0.2, 0.25) is 0 Å². The van der Waals surface area contributed by atoms with E-state index >= 15 is 0 Å². The lowest BCUT2D eigenvalue weighted by Gasteiger charge is -2.32. The minimum atomic E-state index is 0.562. The van der Waals surface area contributed by atoms with Gasteiger partial charge in [0, 0.05) is 12.2 Å². The number of hydrogen-bond donors (Lipinski definition) is 1. The lowest BCUT2D eigenvalue weighted by molar-refractivity contribution is 0.280. The quantitative estimate of drug-likeness (QED) is 0.843. The smallest absolute Gasteiger partial charge is 0.126 e. The second-order valence-electron chi connectivity index (χ2n) is 5.12. The molecule has 16 heavy (non-hydrogen) atoms. The van der Waals surface area contributed by atoms with Gasteiger partial charge in [0.1, 0.15) is 5.82 Å². The monoisotopic (exact) mass is 238 g/mol. The van der Waals surface area contributed by atoms with E-state index in [4.69, 9.17) is 11.6 Å². The highest BCUT2D eigenvalue weighted by atomic mass is 35.5. The Balaban J connectivity index is 1.96. The molecule has 0 spiro atoms. The van der Waals surface area contributed by atoms with Crippen molar-refractivity contribution < 1.29 is 0 Å². The summed E-state index contributed by atoms with van der Waals surface area (Å²) in [6, 6.07) is 4.39. The van der Waals surface area contributed by atoms with Gasteiger partial charge in [-0.2, -0.15) is 0 Å². The van der Waals surface area contributed by atoms with Gasteiger partial charge in [0.25, 0.3) is 0 Å². The molecule has 1 aromatic heterocycles. The number of nitrogens with one attached hydrogen (secondary N) is 1. The van der Waals surface area contributed by atoms with E-state index in [2.05, 4.69) is 24.1 Å². The zero-order chi connectivity index (χ0) is 11.5. The first-order valence-electron chi connectivity index (χ1n) is 6.01. The second kappa shape index (κ2) is 5.05. The Morgan fingerprint density at radius 1 is 1.19 bits per heavy atom. The normalized spacial score (nSPS) is 30.1. The van der Waals surface area contributed by atoms with E-state index in [1.54, 1.807) is 6.20 Å². The summed E-state index contributed by atoms with van der Waals surface area (Å²) in [5.41, 5.74) is 0. The molecule has 1 saturated carbocycles. The molecule has 0 aliphatic heterocycles. The van der Waals surface area contributed by atoms with E-state index in [0.29, 0.717) is 11.1 Å². The number of rotatable bonds is 2. The van der Waals surface area contributed by atoms with Crippen molar-refractivity contribution in [3.63, 3.8) is 0 Å². The van der Waals surface area contributed by atoms with Crippen molar-refractivity contribution in [1.29, 1.82) is 0 Å². The van der Waals surface area contributed by atoms with Crippen LogP contribution in [0.4, 0.5) is 5.82 Å². The van der Waals surface area contributed by atoms with E-state index in [-0.39, 0.29) is 0 Å². The molecule has 1 fully saturated rings. The summed E-state index contributed by atoms with van der Waals surface area (Å²) in [6.45, 7) is 4.67. The van der Waals surface area contributed by atoms with Crippen molar-refractivity contribution in [3.05, 3.63) is 23.4 Å². The molecule has 1 aromatic rings. The van der Waals surface area contributed by atoms with Gasteiger partial charge < -0.3 is 5.32 Å². The Hall–Kier alpha value is -0.760. The Bertz CT molecular complexity index is 326. The molecule has 2 unspecified atom stereocenters. The largest absolute Gasteiger partial charge is 0.367 e. The van der Waals surface area contributed by atoms with E-state index in [1.165, 1.54) is 19.3 Å². The zero-order valence-electron chi connectivity index (χ0n) is 9.91. The molecule has 2 nitrogen and oxygen atoms in total. The molecule has 0 amide bonds. The topological polar surface area (TPSA) is 24.9 Å². The molecule has 0 bridgehead atoms. The molecule has 88 valence electrons. The van der Waals surface area contributed by atoms with Crippen LogP contribution in [0.2, 0.25) is 5.02 Å². The van der Waals surface area contributed by atoms with Gasteiger partial charge in [-0.1, -0.05) is 25.4 Å². The zero-order valence-corrected chi connectivity index (χ0v) is 10.7. The maximum absolute atomic E-state index is 5.81. The first-order chi connectivity index (χ1) is 7.63. The van der Waals surface area contributed by atoms with E-state index in [0.717, 1.165) is 17.7 Å². The van der Waals surface area contributed by atoms with Gasteiger partial charge in [-0.25, -0.2) is 4.98 Å². The molecule has 3 heteroatoms. The summed E-state index contributed by atoms with van der Waals surface area (Å²) in [4.78, 5) is 4.28. The molecule has 0 radical (unpaired) electrons. The standard InChI is InChI=1S/C13H19ClN2/c1-9-5-10(2)7-12(6-9)16-13-4-3-11(14)8-15-13/h3-4,8-10,12H,5-7H2,1-2H3,(H,15,16). The number of pyridine rings is 1. The first-order valence-corrected chi connectivity index (χ1v) is 6.39. The summed E-state index contributed by atoms with van der Waals surface area (Å²) in [5.74, 6) is 2.57. The molecule has 1 N–H and O–H groups in total. The van der Waals surface area contributed by atoms with Crippen LogP contribution in [-0.2, 0) is 0 Å². The predicted octanol–water partition coefficient (Wildman–Crippen LogP) is 3.97. The van der Waals surface area contributed by atoms with Gasteiger partial charge in [0.15, 0.2) is 0 Å². The average Bonchev–Trinajstić information content (AvgIpc) is 2.20. The van der Waals surface area contributed by atoms with Gasteiger partial charge in [-0.15, -0.1) is 0 Å². The van der Waals surface area contributed by atoms with Crippen molar-refractivity contribution in [2.45, 2.75) is 39.2 Å². The predicted molar refractivity (Wildman–Crippen MR) is 68.8 cm³/mol. The highest BCUT2D eigenvalue weighted by molar-refractivity contribution is 6.30. The molecule has 1 heterocycles. The molecule has 1 aliphatic carbocycles. The minimum Gasteiger partial charge on any atom is -0.367 e. The molecule has 1 aliphatic rings. The van der Waals surface area contributed by atoms with Crippen molar-refractivity contribution in [2.24, 2.45) is 11.8 Å². The SMILES string of the molecule is CC1CC(C)CC(Nc2ccc(Cl)cn2)C1. The van der Waals surface area contributed by atoms with Crippen LogP contribution < -0.4 is 5.32 Å². The number of anilines is 1. The summed E-state index contributed by atoms with van der Waals surface area (Å²) < 4.78 is 0. The molecule has 0 aromatic carbocycles. The summed E-state index contributed by atoms with van der Waals surface area (Å²) in [7, 11) is 0. The maximum Gasteiger partial charge on any atom is 0.126 e. The Kier molecular flexibility index (Phi) is 3.70. The van der Waals surface area contributed by atoms with E-state index in [1.807, 2.05) is 12.1 Å². The van der Waals surface area contributed by atoms with Crippen molar-refractivity contribution in [3.8, 4) is 0 Å². The summed E-state index contributed by atoms with van der Waals surface area (Å²) >= 11 is 5.81. The van der Waals surface area contributed by atoms with E-state index in [9.17, 15) is 0 Å². The van der Waals surface area contributed by atoms with Crippen LogP contribution in [-0.4, -0.2) is 11.0 Å². The van der Waals surface area contributed by atoms with Crippen molar-refractivity contribution in [1.82, 2.24) is 4.98 Å². The van der Waals surface area contributed by atoms with Crippen LogP contribution in [0, 0.1) is 11.8 Å². The third-order valence-electron chi connectivity index (χ3n) is 3.26. The molecule has 2 atom stereocenters. The summed E-state index contributed by atoms with van der Waals surface area (Å²) in [6.07, 6.45) is 5.54. The number of nitrogens with zero attached hydrogens (tertiary/aromatic N) is 1. The fourth-order valence-corrected chi connectivity index (χ4v) is 2.85. The molecular weight excluding hydrogens is 220 g/mol. The fourth-order valence-electron chi connectivity index (χ4n) is 2.74. The number of halogens is 1. The lowest BCUT2D eigenvalue weighted by Crippen LogP contribution is -2.30. The van der Waals surface area contributed by atoms with E-state index < -0.39 is 0 Å². The Morgan fingerprint density at radius 3 is 2.44 bits per heavy atom. The lowest BCUT2D eigenvalue weighted by atomic mass is 9.80. The van der Waals surface area contributed by atoms with Crippen LogP contribution >= 0.6 is 11.6 Å². The third-order valence-corrected chi connectivity index (χ3v) is 3.48. The number of aromatic nitrogens is 1. The van der Waals surface area contributed by atoms with Gasteiger partial charge in [-0.3, -0.25) is 0 Å². The van der Waals surface area contributed by atoms with Crippen LogP contribution in [0.1, 0.15) is 33.1 Å². The molecule has 0 saturated heterocycles. The van der Waals surface area contributed by atoms with Crippen LogP contribution in [0.5, 0.6) is 0 Å². The van der Waals surface area contributed by atoms with Gasteiger partial charge in [0.05, 0.1) is 5.02 Å². The average molecular weight is 239 g/mol. The highest BCUT2D eigenvalue weighted by Gasteiger charge is 2.23. The Labute approximate surface area is 102 Å². The van der Waals surface area contributed by atoms with Crippen LogP contribution in [0.3, 0.4) is 0 Å². The fraction of sp³-hybridized carbons (Fsp3) is 0.615. The summed E-state index contributed by atoms with van der Waals surface area (Å²) in [5, 5.41) is 4.19.